The van der Waals surface area contributed by atoms with Gasteiger partial charge in [0.1, 0.15) is 5.41 Å². The molecule has 154 valence electrons. The van der Waals surface area contributed by atoms with Gasteiger partial charge < -0.3 is 10.2 Å². The van der Waals surface area contributed by atoms with E-state index in [4.69, 9.17) is 0 Å². The topological polar surface area (TPSA) is 80.1 Å². The van der Waals surface area contributed by atoms with Gasteiger partial charge in [-0.25, -0.2) is 4.98 Å². The summed E-state index contributed by atoms with van der Waals surface area (Å²) in [4.78, 5) is 33.0. The van der Waals surface area contributed by atoms with Crippen molar-refractivity contribution in [2.45, 2.75) is 37.6 Å². The van der Waals surface area contributed by atoms with Gasteiger partial charge in [0.2, 0.25) is 11.8 Å². The molecular weight excluding hydrogens is 398 g/mol. The minimum atomic E-state index is -0.785. The molecule has 1 saturated heterocycles. The summed E-state index contributed by atoms with van der Waals surface area (Å²) in [6.07, 6.45) is 5.26. The quantitative estimate of drug-likeness (QED) is 0.702. The Balaban J connectivity index is 1.51. The van der Waals surface area contributed by atoms with E-state index in [0.717, 1.165) is 27.5 Å². The fourth-order valence-electron chi connectivity index (χ4n) is 4.90. The number of carbonyl (C=O) groups is 2. The van der Waals surface area contributed by atoms with Gasteiger partial charge >= 0.3 is 0 Å². The van der Waals surface area contributed by atoms with Crippen molar-refractivity contribution in [2.75, 3.05) is 11.9 Å². The highest BCUT2D eigenvalue weighted by Gasteiger charge is 2.59. The molecule has 2 aliphatic heterocycles. The molecular formula is C22H23N5O2S. The Morgan fingerprint density at radius 1 is 1.37 bits per heavy atom. The summed E-state index contributed by atoms with van der Waals surface area (Å²) in [5.74, 6) is 0.00606. The number of nitrogens with one attached hydrogen (secondary N) is 1. The van der Waals surface area contributed by atoms with Gasteiger partial charge in [-0.05, 0) is 31.4 Å². The molecule has 1 spiro atoms. The molecule has 2 amide bonds. The normalized spacial score (nSPS) is 22.5. The van der Waals surface area contributed by atoms with Crippen LogP contribution in [-0.2, 0) is 28.5 Å². The van der Waals surface area contributed by atoms with E-state index in [-0.39, 0.29) is 17.9 Å². The second kappa shape index (κ2) is 7.05. The molecule has 2 aliphatic rings. The zero-order chi connectivity index (χ0) is 20.9. The number of carbonyl (C=O) groups excluding carboxylic acids is 2. The maximum Gasteiger partial charge on any atom is 0.237 e. The lowest BCUT2D eigenvalue weighted by molar-refractivity contribution is -0.133. The van der Waals surface area contributed by atoms with Gasteiger partial charge in [-0.3, -0.25) is 14.3 Å². The van der Waals surface area contributed by atoms with Crippen LogP contribution in [0.5, 0.6) is 0 Å². The zero-order valence-electron chi connectivity index (χ0n) is 17.0. The molecule has 4 heterocycles. The van der Waals surface area contributed by atoms with Crippen molar-refractivity contribution in [3.63, 3.8) is 0 Å². The summed E-state index contributed by atoms with van der Waals surface area (Å²) in [5.41, 5.74) is 2.85. The third-order valence-corrected chi connectivity index (χ3v) is 7.03. The largest absolute Gasteiger partial charge is 0.334 e. The van der Waals surface area contributed by atoms with Crippen molar-refractivity contribution >= 4 is 28.8 Å². The molecule has 5 rings (SSSR count). The van der Waals surface area contributed by atoms with E-state index >= 15 is 0 Å². The summed E-state index contributed by atoms with van der Waals surface area (Å²) < 4.78 is 1.72. The molecule has 0 aliphatic carbocycles. The zero-order valence-corrected chi connectivity index (χ0v) is 17.8. The van der Waals surface area contributed by atoms with Crippen LogP contribution in [0.25, 0.3) is 0 Å². The number of hydrogen-bond acceptors (Lipinski definition) is 5. The standard InChI is InChI=1S/C22H23N5O2S/c1-14-24-16(13-30-14)7-8-19(28)27-10-9-22(20(27)15-11-23-26(2)12-15)17-5-3-4-6-18(17)25-21(22)29/h3-6,11-13,20H,7-10H2,1-2H3,(H,25,29)/t20-,22+/m0/s1. The highest BCUT2D eigenvalue weighted by Crippen LogP contribution is 2.54. The van der Waals surface area contributed by atoms with Crippen LogP contribution in [0.4, 0.5) is 5.69 Å². The number of hydrogen-bond donors (Lipinski definition) is 1. The van der Waals surface area contributed by atoms with Crippen LogP contribution < -0.4 is 5.32 Å². The van der Waals surface area contributed by atoms with E-state index in [2.05, 4.69) is 15.4 Å². The molecule has 8 heteroatoms. The Hall–Kier alpha value is -3.00. The predicted octanol–water partition coefficient (Wildman–Crippen LogP) is 2.98. The number of thiazole rings is 1. The highest BCUT2D eigenvalue weighted by atomic mass is 32.1. The van der Waals surface area contributed by atoms with Crippen molar-refractivity contribution in [2.24, 2.45) is 7.05 Å². The van der Waals surface area contributed by atoms with E-state index in [1.807, 2.05) is 54.7 Å². The first kappa shape index (κ1) is 19.0. The number of fused-ring (bicyclic) bond motifs is 2. The van der Waals surface area contributed by atoms with Gasteiger partial charge in [-0.15, -0.1) is 11.3 Å². The molecule has 3 aromatic rings. The Bertz CT molecular complexity index is 1140. The number of aryl methyl sites for hydroxylation is 3. The Morgan fingerprint density at radius 3 is 2.93 bits per heavy atom. The van der Waals surface area contributed by atoms with Gasteiger partial charge in [0.05, 0.1) is 22.9 Å². The number of para-hydroxylation sites is 1. The number of nitrogens with zero attached hydrogens (tertiary/aromatic N) is 4. The van der Waals surface area contributed by atoms with Crippen LogP contribution in [-0.4, -0.2) is 38.0 Å². The summed E-state index contributed by atoms with van der Waals surface area (Å²) in [6, 6.07) is 7.43. The van der Waals surface area contributed by atoms with Crippen LogP contribution in [0, 0.1) is 6.92 Å². The lowest BCUT2D eigenvalue weighted by Gasteiger charge is -2.33. The number of aromatic nitrogens is 3. The van der Waals surface area contributed by atoms with E-state index in [1.54, 1.807) is 22.2 Å². The van der Waals surface area contributed by atoms with E-state index in [9.17, 15) is 9.59 Å². The molecule has 2 atom stereocenters. The van der Waals surface area contributed by atoms with Gasteiger partial charge in [0, 0.05) is 42.8 Å². The van der Waals surface area contributed by atoms with Crippen LogP contribution >= 0.6 is 11.3 Å². The van der Waals surface area contributed by atoms with E-state index in [0.29, 0.717) is 25.8 Å². The maximum absolute atomic E-state index is 13.3. The van der Waals surface area contributed by atoms with Crippen LogP contribution in [0.2, 0.25) is 0 Å². The van der Waals surface area contributed by atoms with Gasteiger partial charge in [-0.2, -0.15) is 5.10 Å². The van der Waals surface area contributed by atoms with Crippen molar-refractivity contribution in [1.82, 2.24) is 19.7 Å². The third kappa shape index (κ3) is 2.86. The SMILES string of the molecule is Cc1nc(CCC(=O)N2CC[C@]3(C(=O)Nc4ccccc43)[C@@H]2c2cnn(C)c2)cs1. The van der Waals surface area contributed by atoms with Gasteiger partial charge in [-0.1, -0.05) is 18.2 Å². The van der Waals surface area contributed by atoms with E-state index in [1.165, 1.54) is 0 Å². The fourth-order valence-corrected chi connectivity index (χ4v) is 5.55. The minimum Gasteiger partial charge on any atom is -0.334 e. The number of anilines is 1. The van der Waals surface area contributed by atoms with Crippen molar-refractivity contribution in [3.05, 3.63) is 63.9 Å². The van der Waals surface area contributed by atoms with Crippen molar-refractivity contribution in [1.29, 1.82) is 0 Å². The first-order chi connectivity index (χ1) is 14.5. The molecule has 0 unspecified atom stereocenters. The number of benzene rings is 1. The van der Waals surface area contributed by atoms with Crippen LogP contribution in [0.15, 0.2) is 42.0 Å². The second-order valence-corrected chi connectivity index (χ2v) is 9.08. The Kier molecular flexibility index (Phi) is 4.47. The monoisotopic (exact) mass is 421 g/mol. The average molecular weight is 422 g/mol. The summed E-state index contributed by atoms with van der Waals surface area (Å²) >= 11 is 1.60. The molecule has 7 nitrogen and oxygen atoms in total. The Labute approximate surface area is 178 Å². The summed E-state index contributed by atoms with van der Waals surface area (Å²) in [6.45, 7) is 2.51. The van der Waals surface area contributed by atoms with Crippen LogP contribution in [0.3, 0.4) is 0 Å². The predicted molar refractivity (Wildman–Crippen MR) is 114 cm³/mol. The van der Waals surface area contributed by atoms with Crippen LogP contribution in [0.1, 0.15) is 40.7 Å². The van der Waals surface area contributed by atoms with Crippen molar-refractivity contribution in [3.8, 4) is 0 Å². The number of likely N-dealkylation sites (tertiary alicyclic amines) is 1. The molecule has 0 radical (unpaired) electrons. The molecule has 1 N–H and O–H groups in total. The highest BCUT2D eigenvalue weighted by molar-refractivity contribution is 7.09. The first-order valence-electron chi connectivity index (χ1n) is 10.1. The number of amides is 2. The van der Waals surface area contributed by atoms with Gasteiger partial charge in [0.25, 0.3) is 0 Å². The fraction of sp³-hybridized carbons (Fsp3) is 0.364. The summed E-state index contributed by atoms with van der Waals surface area (Å²) in [7, 11) is 1.85. The van der Waals surface area contributed by atoms with Crippen molar-refractivity contribution < 1.29 is 9.59 Å². The van der Waals surface area contributed by atoms with E-state index < -0.39 is 5.41 Å². The first-order valence-corrected chi connectivity index (χ1v) is 11.0. The third-order valence-electron chi connectivity index (χ3n) is 6.21. The minimum absolute atomic E-state index is 0.0389. The molecule has 2 aromatic heterocycles. The van der Waals surface area contributed by atoms with Gasteiger partial charge in [0.15, 0.2) is 0 Å². The lowest BCUT2D eigenvalue weighted by Crippen LogP contribution is -2.42. The average Bonchev–Trinajstić information content (AvgIpc) is 3.49. The maximum atomic E-state index is 13.3. The molecule has 30 heavy (non-hydrogen) atoms. The molecule has 0 bridgehead atoms. The lowest BCUT2D eigenvalue weighted by atomic mass is 9.73. The molecule has 0 saturated carbocycles. The number of rotatable bonds is 4. The molecule has 1 aromatic carbocycles. The molecule has 1 fully saturated rings. The summed E-state index contributed by atoms with van der Waals surface area (Å²) in [5, 5.41) is 10.4. The smallest absolute Gasteiger partial charge is 0.237 e. The second-order valence-electron chi connectivity index (χ2n) is 8.02. The Morgan fingerprint density at radius 2 is 2.20 bits per heavy atom.